The molecule has 0 heterocycles. The average molecular weight is 232 g/mol. The van der Waals surface area contributed by atoms with Gasteiger partial charge in [0.25, 0.3) is 0 Å². The zero-order valence-electron chi connectivity index (χ0n) is 5.39. The fraction of sp³-hybridized carbons (Fsp3) is 0. The summed E-state index contributed by atoms with van der Waals surface area (Å²) in [6.07, 6.45) is 0. The van der Waals surface area contributed by atoms with Gasteiger partial charge in [-0.1, -0.05) is 0 Å². The maximum absolute atomic E-state index is 9.75. The minimum Gasteiger partial charge on any atom is -0.418 e. The Hall–Kier alpha value is 0.790. The molecule has 0 aliphatic carbocycles. The summed E-state index contributed by atoms with van der Waals surface area (Å²) in [5.41, 5.74) is 0. The molecule has 0 aliphatic rings. The van der Waals surface area contributed by atoms with Gasteiger partial charge in [-0.05, 0) is 0 Å². The largest absolute Gasteiger partial charge is 2.00 e. The zero-order chi connectivity index (χ0) is 9.00. The first kappa shape index (κ1) is 23.0. The van der Waals surface area contributed by atoms with Crippen LogP contribution in [-0.2, 0) is 0 Å². The summed E-state index contributed by atoms with van der Waals surface area (Å²) in [7, 11) is -12.0. The van der Waals surface area contributed by atoms with Crippen molar-refractivity contribution >= 4 is 52.2 Å². The van der Waals surface area contributed by atoms with E-state index in [-0.39, 0.29) is 43.2 Å². The number of hydrogen-bond donors (Lipinski definition) is 0. The quantitative estimate of drug-likeness (QED) is 0.446. The molecule has 1 nitrogen and oxygen atoms in total. The van der Waals surface area contributed by atoms with E-state index in [4.69, 9.17) is 0 Å². The third-order valence-electron chi connectivity index (χ3n) is 0. The second kappa shape index (κ2) is 8.39. The van der Waals surface area contributed by atoms with Crippen molar-refractivity contribution in [2.24, 2.45) is 0 Å². The van der Waals surface area contributed by atoms with E-state index >= 15 is 0 Å². The smallest absolute Gasteiger partial charge is 0.418 e. The number of rotatable bonds is 0. The van der Waals surface area contributed by atoms with Crippen LogP contribution >= 0.6 is 0 Å². The van der Waals surface area contributed by atoms with E-state index in [1.807, 2.05) is 0 Å². The Morgan fingerprint density at radius 3 is 0.500 bits per heavy atom. The van der Waals surface area contributed by atoms with Crippen LogP contribution in [0.15, 0.2) is 0 Å². The van der Waals surface area contributed by atoms with Gasteiger partial charge in [0.05, 0.1) is 0 Å². The topological polar surface area (TPSA) is 31.5 Å². The van der Waals surface area contributed by atoms with Gasteiger partial charge in [0.15, 0.2) is 0 Å². The van der Waals surface area contributed by atoms with E-state index in [1.54, 1.807) is 0 Å². The summed E-state index contributed by atoms with van der Waals surface area (Å²) in [5, 5.41) is 0. The molecule has 0 unspecified atom stereocenters. The standard InChI is InChI=1S/2BF4.Ca.H2O/c2*2-1(3,4)5;;/h;;;1H2/q2*-1;+2;. The van der Waals surface area contributed by atoms with Gasteiger partial charge in [0, 0.05) is 0 Å². The first-order valence-corrected chi connectivity index (χ1v) is 1.75. The van der Waals surface area contributed by atoms with Crippen LogP contribution in [0.3, 0.4) is 0 Å². The SMILES string of the molecule is F[B-](F)(F)F.F[B-](F)(F)F.O.[Ca+2]. The van der Waals surface area contributed by atoms with Crippen LogP contribution in [0.1, 0.15) is 0 Å². The predicted octanol–water partition coefficient (Wildman–Crippen LogP) is 1.39. The summed E-state index contributed by atoms with van der Waals surface area (Å²) in [5.74, 6) is 0. The van der Waals surface area contributed by atoms with Crippen molar-refractivity contribution < 1.29 is 40.0 Å². The van der Waals surface area contributed by atoms with Crippen LogP contribution in [0.25, 0.3) is 0 Å². The summed E-state index contributed by atoms with van der Waals surface area (Å²) in [6.45, 7) is 0. The minimum absolute atomic E-state index is 0. The third kappa shape index (κ3) is 1660. The van der Waals surface area contributed by atoms with E-state index < -0.39 is 14.5 Å². The molecule has 0 aromatic carbocycles. The van der Waals surface area contributed by atoms with Crippen molar-refractivity contribution in [3.8, 4) is 0 Å². The second-order valence-electron chi connectivity index (χ2n) is 0.990. The second-order valence-corrected chi connectivity index (χ2v) is 0.990. The summed E-state index contributed by atoms with van der Waals surface area (Å²) in [4.78, 5) is 0. The van der Waals surface area contributed by atoms with E-state index in [1.165, 1.54) is 0 Å². The van der Waals surface area contributed by atoms with E-state index in [2.05, 4.69) is 0 Å². The van der Waals surface area contributed by atoms with Crippen LogP contribution in [0.4, 0.5) is 34.5 Å². The molecule has 72 valence electrons. The molecule has 12 heavy (non-hydrogen) atoms. The molecule has 0 fully saturated rings. The first-order valence-electron chi connectivity index (χ1n) is 1.75. The fourth-order valence-corrected chi connectivity index (χ4v) is 0. The fourth-order valence-electron chi connectivity index (χ4n) is 0. The van der Waals surface area contributed by atoms with E-state index in [9.17, 15) is 34.5 Å². The van der Waals surface area contributed by atoms with Gasteiger partial charge in [-0.25, -0.2) is 0 Å². The Labute approximate surface area is 92.0 Å². The Morgan fingerprint density at radius 1 is 0.500 bits per heavy atom. The Kier molecular flexibility index (Phi) is 16.1. The van der Waals surface area contributed by atoms with Gasteiger partial charge < -0.3 is 40.0 Å². The van der Waals surface area contributed by atoms with Gasteiger partial charge in [0.1, 0.15) is 0 Å². The average Bonchev–Trinajstić information content (AvgIpc) is 1.12. The molecule has 0 radical (unpaired) electrons. The van der Waals surface area contributed by atoms with Gasteiger partial charge in [-0.3, -0.25) is 0 Å². The monoisotopic (exact) mass is 232 g/mol. The van der Waals surface area contributed by atoms with Crippen LogP contribution in [-0.4, -0.2) is 57.7 Å². The molecular formula is H2B2CaF8O. The zero-order valence-corrected chi connectivity index (χ0v) is 7.59. The number of halogens is 8. The molecule has 0 aromatic rings. The van der Waals surface area contributed by atoms with Crippen molar-refractivity contribution in [1.82, 2.24) is 0 Å². The molecule has 0 aliphatic heterocycles. The van der Waals surface area contributed by atoms with Gasteiger partial charge in [-0.2, -0.15) is 0 Å². The Balaban J connectivity index is -0.0000000457. The molecule has 12 heteroatoms. The molecule has 2 N–H and O–H groups in total. The van der Waals surface area contributed by atoms with Crippen LogP contribution < -0.4 is 0 Å². The minimum atomic E-state index is -6.00. The Bertz CT molecular complexity index is 60.0. The van der Waals surface area contributed by atoms with E-state index in [0.29, 0.717) is 0 Å². The predicted molar refractivity (Wildman–Crippen MR) is 29.7 cm³/mol. The van der Waals surface area contributed by atoms with Crippen molar-refractivity contribution in [2.45, 2.75) is 0 Å². The molecule has 0 saturated heterocycles. The molecule has 0 aromatic heterocycles. The van der Waals surface area contributed by atoms with Gasteiger partial charge in [0.2, 0.25) is 0 Å². The van der Waals surface area contributed by atoms with Gasteiger partial charge >= 0.3 is 52.2 Å². The van der Waals surface area contributed by atoms with Crippen molar-refractivity contribution in [3.05, 3.63) is 0 Å². The molecule has 0 spiro atoms. The van der Waals surface area contributed by atoms with Crippen LogP contribution in [0.5, 0.6) is 0 Å². The van der Waals surface area contributed by atoms with Crippen molar-refractivity contribution in [3.63, 3.8) is 0 Å². The molecule has 0 saturated carbocycles. The Morgan fingerprint density at radius 2 is 0.500 bits per heavy atom. The molecule has 0 rings (SSSR count). The summed E-state index contributed by atoms with van der Waals surface area (Å²) in [6, 6.07) is 0. The maximum atomic E-state index is 9.75. The summed E-state index contributed by atoms with van der Waals surface area (Å²) < 4.78 is 78.0. The molecular weight excluding hydrogens is 230 g/mol. The normalized spacial score (nSPS) is 10.0. The van der Waals surface area contributed by atoms with E-state index in [0.717, 1.165) is 0 Å². The third-order valence-corrected chi connectivity index (χ3v) is 0. The van der Waals surface area contributed by atoms with Gasteiger partial charge in [-0.15, -0.1) is 0 Å². The maximum Gasteiger partial charge on any atom is 2.00 e. The van der Waals surface area contributed by atoms with Crippen LogP contribution in [0, 0.1) is 0 Å². The summed E-state index contributed by atoms with van der Waals surface area (Å²) >= 11 is 0. The number of hydrogen-bond acceptors (Lipinski definition) is 0. The molecule has 0 bridgehead atoms. The van der Waals surface area contributed by atoms with Crippen molar-refractivity contribution in [2.75, 3.05) is 0 Å². The molecule has 0 atom stereocenters. The van der Waals surface area contributed by atoms with Crippen molar-refractivity contribution in [1.29, 1.82) is 0 Å². The van der Waals surface area contributed by atoms with Crippen LogP contribution in [0.2, 0.25) is 0 Å². The first-order chi connectivity index (χ1) is 4.00. The molecule has 0 amide bonds.